The number of halogens is 3. The molecule has 20 heavy (non-hydrogen) atoms. The highest BCUT2D eigenvalue weighted by molar-refractivity contribution is 7.89. The SMILES string of the molecule is NCC1CCCN(S(=O)(=O)c2c(F)cc(F)cc2F)C1. The van der Waals surface area contributed by atoms with Gasteiger partial charge in [-0.3, -0.25) is 0 Å². The van der Waals surface area contributed by atoms with Crippen LogP contribution in [0.5, 0.6) is 0 Å². The molecule has 0 saturated carbocycles. The molecule has 1 aliphatic rings. The lowest BCUT2D eigenvalue weighted by Gasteiger charge is -2.31. The second-order valence-corrected chi connectivity index (χ2v) is 6.68. The van der Waals surface area contributed by atoms with Crippen molar-refractivity contribution in [3.63, 3.8) is 0 Å². The van der Waals surface area contributed by atoms with E-state index >= 15 is 0 Å². The first-order valence-corrected chi connectivity index (χ1v) is 7.65. The smallest absolute Gasteiger partial charge is 0.248 e. The molecule has 1 aliphatic heterocycles. The number of sulfonamides is 1. The molecule has 1 unspecified atom stereocenters. The van der Waals surface area contributed by atoms with E-state index in [0.717, 1.165) is 10.7 Å². The van der Waals surface area contributed by atoms with E-state index < -0.39 is 32.4 Å². The van der Waals surface area contributed by atoms with E-state index in [-0.39, 0.29) is 19.0 Å². The van der Waals surface area contributed by atoms with E-state index in [0.29, 0.717) is 25.1 Å². The highest BCUT2D eigenvalue weighted by atomic mass is 32.2. The fourth-order valence-electron chi connectivity index (χ4n) is 2.34. The summed E-state index contributed by atoms with van der Waals surface area (Å²) >= 11 is 0. The second-order valence-electron chi connectivity index (χ2n) is 4.81. The van der Waals surface area contributed by atoms with Crippen LogP contribution >= 0.6 is 0 Å². The van der Waals surface area contributed by atoms with Crippen molar-refractivity contribution in [1.29, 1.82) is 0 Å². The standard InChI is InChI=1S/C12H15F3N2O2S/c13-9-4-10(14)12(11(15)5-9)20(18,19)17-3-1-2-8(6-16)7-17/h4-5,8H,1-3,6-7,16H2. The van der Waals surface area contributed by atoms with Gasteiger partial charge in [-0.25, -0.2) is 21.6 Å². The first-order chi connectivity index (χ1) is 9.36. The summed E-state index contributed by atoms with van der Waals surface area (Å²) in [4.78, 5) is -1.10. The third-order valence-electron chi connectivity index (χ3n) is 3.38. The van der Waals surface area contributed by atoms with E-state index in [1.165, 1.54) is 0 Å². The minimum Gasteiger partial charge on any atom is -0.330 e. The van der Waals surface area contributed by atoms with Gasteiger partial charge >= 0.3 is 0 Å². The maximum atomic E-state index is 13.6. The first kappa shape index (κ1) is 15.3. The van der Waals surface area contributed by atoms with Crippen LogP contribution in [-0.2, 0) is 10.0 Å². The molecule has 4 nitrogen and oxygen atoms in total. The predicted molar refractivity (Wildman–Crippen MR) is 66.9 cm³/mol. The van der Waals surface area contributed by atoms with E-state index in [1.54, 1.807) is 0 Å². The van der Waals surface area contributed by atoms with Gasteiger partial charge in [0.05, 0.1) is 0 Å². The van der Waals surface area contributed by atoms with Crippen LogP contribution in [0.2, 0.25) is 0 Å². The van der Waals surface area contributed by atoms with Crippen LogP contribution in [0.4, 0.5) is 13.2 Å². The summed E-state index contributed by atoms with van der Waals surface area (Å²) in [5.41, 5.74) is 5.51. The van der Waals surface area contributed by atoms with Crippen molar-refractivity contribution in [2.45, 2.75) is 17.7 Å². The molecule has 0 radical (unpaired) electrons. The maximum Gasteiger partial charge on any atom is 0.248 e. The Morgan fingerprint density at radius 2 is 1.85 bits per heavy atom. The summed E-state index contributed by atoms with van der Waals surface area (Å²) in [7, 11) is -4.32. The average Bonchev–Trinajstić information content (AvgIpc) is 2.37. The minimum atomic E-state index is -4.32. The topological polar surface area (TPSA) is 63.4 Å². The van der Waals surface area contributed by atoms with Crippen LogP contribution in [0.3, 0.4) is 0 Å². The molecule has 1 atom stereocenters. The molecule has 2 rings (SSSR count). The highest BCUT2D eigenvalue weighted by Gasteiger charge is 2.34. The molecule has 1 fully saturated rings. The van der Waals surface area contributed by atoms with Crippen molar-refractivity contribution in [1.82, 2.24) is 4.31 Å². The molecule has 1 heterocycles. The fraction of sp³-hybridized carbons (Fsp3) is 0.500. The average molecular weight is 308 g/mol. The summed E-state index contributed by atoms with van der Waals surface area (Å²) in [6, 6.07) is 0.723. The van der Waals surface area contributed by atoms with Crippen LogP contribution in [0.15, 0.2) is 17.0 Å². The summed E-state index contributed by atoms with van der Waals surface area (Å²) in [5, 5.41) is 0. The van der Waals surface area contributed by atoms with Crippen molar-refractivity contribution in [2.75, 3.05) is 19.6 Å². The zero-order valence-electron chi connectivity index (χ0n) is 10.7. The van der Waals surface area contributed by atoms with Gasteiger partial charge in [-0.05, 0) is 25.3 Å². The lowest BCUT2D eigenvalue weighted by atomic mass is 10.0. The van der Waals surface area contributed by atoms with Gasteiger partial charge in [0, 0.05) is 25.2 Å². The van der Waals surface area contributed by atoms with Crippen LogP contribution in [0, 0.1) is 23.4 Å². The molecule has 0 aliphatic carbocycles. The monoisotopic (exact) mass is 308 g/mol. The summed E-state index contributed by atoms with van der Waals surface area (Å²) in [6.07, 6.45) is 1.35. The van der Waals surface area contributed by atoms with Crippen LogP contribution < -0.4 is 5.73 Å². The quantitative estimate of drug-likeness (QED) is 0.919. The van der Waals surface area contributed by atoms with Crippen molar-refractivity contribution >= 4 is 10.0 Å². The van der Waals surface area contributed by atoms with E-state index in [9.17, 15) is 21.6 Å². The number of nitrogens with zero attached hydrogens (tertiary/aromatic N) is 1. The van der Waals surface area contributed by atoms with Crippen molar-refractivity contribution < 1.29 is 21.6 Å². The van der Waals surface area contributed by atoms with Gasteiger partial charge in [-0.2, -0.15) is 4.31 Å². The lowest BCUT2D eigenvalue weighted by Crippen LogP contribution is -2.42. The summed E-state index contributed by atoms with van der Waals surface area (Å²) in [5.74, 6) is -4.03. The molecule has 0 amide bonds. The summed E-state index contributed by atoms with van der Waals surface area (Å²) < 4.78 is 65.7. The van der Waals surface area contributed by atoms with E-state index in [4.69, 9.17) is 5.73 Å². The highest BCUT2D eigenvalue weighted by Crippen LogP contribution is 2.27. The number of hydrogen-bond donors (Lipinski definition) is 1. The summed E-state index contributed by atoms with van der Waals surface area (Å²) in [6.45, 7) is 0.602. The second kappa shape index (κ2) is 5.71. The van der Waals surface area contributed by atoms with Gasteiger partial charge in [0.25, 0.3) is 0 Å². The lowest BCUT2D eigenvalue weighted by molar-refractivity contribution is 0.269. The largest absolute Gasteiger partial charge is 0.330 e. The molecule has 0 aromatic heterocycles. The Kier molecular flexibility index (Phi) is 4.36. The Morgan fingerprint density at radius 1 is 1.25 bits per heavy atom. The zero-order valence-corrected chi connectivity index (χ0v) is 11.5. The van der Waals surface area contributed by atoms with Gasteiger partial charge < -0.3 is 5.73 Å². The molecule has 1 aromatic carbocycles. The molecule has 0 bridgehead atoms. The third-order valence-corrected chi connectivity index (χ3v) is 5.29. The molecule has 8 heteroatoms. The van der Waals surface area contributed by atoms with Gasteiger partial charge in [0.1, 0.15) is 17.5 Å². The number of benzene rings is 1. The number of piperidine rings is 1. The normalized spacial score (nSPS) is 21.1. The van der Waals surface area contributed by atoms with Crippen LogP contribution in [0.1, 0.15) is 12.8 Å². The Bertz CT molecular complexity index is 584. The van der Waals surface area contributed by atoms with Gasteiger partial charge in [-0.1, -0.05) is 0 Å². The number of nitrogens with two attached hydrogens (primary N) is 1. The first-order valence-electron chi connectivity index (χ1n) is 6.21. The zero-order chi connectivity index (χ0) is 14.9. The minimum absolute atomic E-state index is 0.0369. The van der Waals surface area contributed by atoms with Crippen molar-refractivity contribution in [2.24, 2.45) is 11.7 Å². The molecule has 1 aromatic rings. The Labute approximate surface area is 115 Å². The molecule has 1 saturated heterocycles. The van der Waals surface area contributed by atoms with Gasteiger partial charge in [0.2, 0.25) is 10.0 Å². The Morgan fingerprint density at radius 3 is 2.40 bits per heavy atom. The predicted octanol–water partition coefficient (Wildman–Crippen LogP) is 1.46. The van der Waals surface area contributed by atoms with Crippen LogP contribution in [-0.4, -0.2) is 32.4 Å². The van der Waals surface area contributed by atoms with Gasteiger partial charge in [0.15, 0.2) is 4.90 Å². The molecule has 2 N–H and O–H groups in total. The molecule has 0 spiro atoms. The van der Waals surface area contributed by atoms with Crippen molar-refractivity contribution in [3.05, 3.63) is 29.6 Å². The Balaban J connectivity index is 2.40. The van der Waals surface area contributed by atoms with Gasteiger partial charge in [-0.15, -0.1) is 0 Å². The molecular formula is C12H15F3N2O2S. The van der Waals surface area contributed by atoms with Crippen LogP contribution in [0.25, 0.3) is 0 Å². The number of hydrogen-bond acceptors (Lipinski definition) is 3. The molecular weight excluding hydrogens is 293 g/mol. The Hall–Kier alpha value is -1.12. The number of rotatable bonds is 3. The maximum absolute atomic E-state index is 13.6. The third kappa shape index (κ3) is 2.82. The molecule has 112 valence electrons. The van der Waals surface area contributed by atoms with E-state index in [1.807, 2.05) is 0 Å². The fourth-order valence-corrected chi connectivity index (χ4v) is 3.99. The van der Waals surface area contributed by atoms with E-state index in [2.05, 4.69) is 0 Å². The van der Waals surface area contributed by atoms with Crippen molar-refractivity contribution in [3.8, 4) is 0 Å².